The van der Waals surface area contributed by atoms with E-state index in [1.165, 1.54) is 27.8 Å². The highest BCUT2D eigenvalue weighted by Gasteiger charge is 2.08. The first-order valence-electron chi connectivity index (χ1n) is 7.06. The van der Waals surface area contributed by atoms with E-state index in [1.54, 1.807) is 0 Å². The first kappa shape index (κ1) is 14.6. The average molecular weight is 268 g/mol. The number of para-hydroxylation sites is 1. The van der Waals surface area contributed by atoms with Gasteiger partial charge >= 0.3 is 0 Å². The molecule has 0 radical (unpaired) electrons. The summed E-state index contributed by atoms with van der Waals surface area (Å²) in [7, 11) is 2.14. The maximum atomic E-state index is 6.02. The topological polar surface area (TPSA) is 29.3 Å². The van der Waals surface area contributed by atoms with Gasteiger partial charge in [-0.25, -0.2) is 0 Å². The summed E-state index contributed by atoms with van der Waals surface area (Å²) in [6.45, 7) is 8.37. The smallest absolute Gasteiger partial charge is 0.0359 e. The van der Waals surface area contributed by atoms with Crippen LogP contribution in [0.3, 0.4) is 0 Å². The van der Waals surface area contributed by atoms with Crippen LogP contribution in [-0.2, 0) is 13.1 Å². The molecule has 0 aliphatic heterocycles. The van der Waals surface area contributed by atoms with Crippen molar-refractivity contribution in [2.24, 2.45) is 0 Å². The molecule has 0 fully saturated rings. The van der Waals surface area contributed by atoms with Crippen LogP contribution in [0.15, 0.2) is 36.4 Å². The van der Waals surface area contributed by atoms with Gasteiger partial charge in [0.15, 0.2) is 0 Å². The first-order chi connectivity index (χ1) is 9.47. The van der Waals surface area contributed by atoms with E-state index in [9.17, 15) is 0 Å². The molecule has 0 atom stereocenters. The van der Waals surface area contributed by atoms with Gasteiger partial charge in [0, 0.05) is 18.8 Å². The molecule has 2 aromatic carbocycles. The predicted molar refractivity (Wildman–Crippen MR) is 86.7 cm³/mol. The quantitative estimate of drug-likeness (QED) is 0.854. The molecule has 0 heterocycles. The summed E-state index contributed by atoms with van der Waals surface area (Å²) in [6, 6.07) is 12.6. The first-order valence-corrected chi connectivity index (χ1v) is 7.06. The third-order valence-corrected chi connectivity index (χ3v) is 3.76. The normalized spacial score (nSPS) is 11.1. The Labute approximate surface area is 122 Å². The molecular formula is C18H24N2. The fourth-order valence-corrected chi connectivity index (χ4v) is 2.75. The molecule has 0 saturated heterocycles. The van der Waals surface area contributed by atoms with Crippen LogP contribution in [0.4, 0.5) is 5.69 Å². The van der Waals surface area contributed by atoms with Crippen LogP contribution in [0.1, 0.15) is 27.8 Å². The molecule has 0 bridgehead atoms. The number of hydrogen-bond acceptors (Lipinski definition) is 2. The van der Waals surface area contributed by atoms with E-state index in [4.69, 9.17) is 5.73 Å². The molecular weight excluding hydrogens is 244 g/mol. The monoisotopic (exact) mass is 268 g/mol. The maximum absolute atomic E-state index is 6.02. The molecule has 0 aliphatic rings. The van der Waals surface area contributed by atoms with Gasteiger partial charge in [0.05, 0.1) is 0 Å². The lowest BCUT2D eigenvalue weighted by Gasteiger charge is -2.21. The number of nitrogens with zero attached hydrogens (tertiary/aromatic N) is 1. The Kier molecular flexibility index (Phi) is 4.46. The van der Waals surface area contributed by atoms with E-state index < -0.39 is 0 Å². The number of anilines is 1. The standard InChI is InChI=1S/C18H24N2/c1-13-9-14(2)17(15(3)10-13)12-20(4)11-16-7-5-6-8-18(16)19/h5-10H,11-12,19H2,1-4H3. The Balaban J connectivity index is 2.13. The van der Waals surface area contributed by atoms with Crippen molar-refractivity contribution in [2.45, 2.75) is 33.9 Å². The van der Waals surface area contributed by atoms with E-state index in [0.29, 0.717) is 0 Å². The van der Waals surface area contributed by atoms with E-state index in [-0.39, 0.29) is 0 Å². The summed E-state index contributed by atoms with van der Waals surface area (Å²) < 4.78 is 0. The Morgan fingerprint density at radius 2 is 1.55 bits per heavy atom. The molecule has 0 amide bonds. The van der Waals surface area contributed by atoms with E-state index in [0.717, 1.165) is 18.8 Å². The van der Waals surface area contributed by atoms with Crippen LogP contribution in [0, 0.1) is 20.8 Å². The Hall–Kier alpha value is -1.80. The van der Waals surface area contributed by atoms with E-state index in [2.05, 4.69) is 50.9 Å². The van der Waals surface area contributed by atoms with Gasteiger partial charge in [-0.05, 0) is 56.1 Å². The van der Waals surface area contributed by atoms with Crippen LogP contribution in [0.2, 0.25) is 0 Å². The minimum Gasteiger partial charge on any atom is -0.398 e. The van der Waals surface area contributed by atoms with Crippen LogP contribution >= 0.6 is 0 Å². The molecule has 2 nitrogen and oxygen atoms in total. The Bertz CT molecular complexity index is 579. The van der Waals surface area contributed by atoms with Gasteiger partial charge < -0.3 is 5.73 Å². The lowest BCUT2D eigenvalue weighted by atomic mass is 9.99. The molecule has 2 heteroatoms. The van der Waals surface area contributed by atoms with E-state index in [1.807, 2.05) is 18.2 Å². The lowest BCUT2D eigenvalue weighted by molar-refractivity contribution is 0.318. The summed E-state index contributed by atoms with van der Waals surface area (Å²) in [6.07, 6.45) is 0. The van der Waals surface area contributed by atoms with E-state index >= 15 is 0 Å². The van der Waals surface area contributed by atoms with Crippen molar-refractivity contribution in [2.75, 3.05) is 12.8 Å². The minimum atomic E-state index is 0.872. The second kappa shape index (κ2) is 6.10. The van der Waals surface area contributed by atoms with Crippen LogP contribution in [0.5, 0.6) is 0 Å². The minimum absolute atomic E-state index is 0.872. The summed E-state index contributed by atoms with van der Waals surface area (Å²) >= 11 is 0. The molecule has 106 valence electrons. The SMILES string of the molecule is Cc1cc(C)c(CN(C)Cc2ccccc2N)c(C)c1. The predicted octanol–water partition coefficient (Wildman–Crippen LogP) is 3.83. The van der Waals surface area contributed by atoms with Crippen molar-refractivity contribution < 1.29 is 0 Å². The molecule has 0 aromatic heterocycles. The molecule has 0 aliphatic carbocycles. The van der Waals surface area contributed by atoms with Crippen molar-refractivity contribution in [1.29, 1.82) is 0 Å². The molecule has 2 aromatic rings. The fraction of sp³-hybridized carbons (Fsp3) is 0.333. The number of benzene rings is 2. The van der Waals surface area contributed by atoms with Gasteiger partial charge in [-0.15, -0.1) is 0 Å². The van der Waals surface area contributed by atoms with Crippen LogP contribution in [-0.4, -0.2) is 11.9 Å². The van der Waals surface area contributed by atoms with Crippen molar-refractivity contribution in [3.63, 3.8) is 0 Å². The van der Waals surface area contributed by atoms with Gasteiger partial charge in [0.25, 0.3) is 0 Å². The van der Waals surface area contributed by atoms with Crippen LogP contribution < -0.4 is 5.73 Å². The zero-order valence-electron chi connectivity index (χ0n) is 12.9. The van der Waals surface area contributed by atoms with Gasteiger partial charge in [-0.1, -0.05) is 35.9 Å². The highest BCUT2D eigenvalue weighted by atomic mass is 15.1. The lowest BCUT2D eigenvalue weighted by Crippen LogP contribution is -2.19. The summed E-state index contributed by atoms with van der Waals surface area (Å²) in [5.74, 6) is 0. The average Bonchev–Trinajstić information content (AvgIpc) is 2.36. The summed E-state index contributed by atoms with van der Waals surface area (Å²) in [5, 5.41) is 0. The molecule has 0 saturated carbocycles. The molecule has 2 rings (SSSR count). The second-order valence-electron chi connectivity index (χ2n) is 5.75. The Morgan fingerprint density at radius 1 is 0.950 bits per heavy atom. The third kappa shape index (κ3) is 3.40. The van der Waals surface area contributed by atoms with Gasteiger partial charge in [-0.3, -0.25) is 4.90 Å². The number of aryl methyl sites for hydroxylation is 3. The van der Waals surface area contributed by atoms with Gasteiger partial charge in [0.2, 0.25) is 0 Å². The zero-order chi connectivity index (χ0) is 14.7. The number of hydrogen-bond donors (Lipinski definition) is 1. The highest BCUT2D eigenvalue weighted by molar-refractivity contribution is 5.46. The van der Waals surface area contributed by atoms with Crippen molar-refractivity contribution in [1.82, 2.24) is 4.90 Å². The fourth-order valence-electron chi connectivity index (χ4n) is 2.75. The zero-order valence-corrected chi connectivity index (χ0v) is 12.9. The van der Waals surface area contributed by atoms with Crippen LogP contribution in [0.25, 0.3) is 0 Å². The van der Waals surface area contributed by atoms with Crippen molar-refractivity contribution in [3.8, 4) is 0 Å². The van der Waals surface area contributed by atoms with Crippen molar-refractivity contribution >= 4 is 5.69 Å². The number of nitrogens with two attached hydrogens (primary N) is 1. The Morgan fingerprint density at radius 3 is 2.15 bits per heavy atom. The van der Waals surface area contributed by atoms with Gasteiger partial charge in [-0.2, -0.15) is 0 Å². The maximum Gasteiger partial charge on any atom is 0.0359 e. The molecule has 0 spiro atoms. The number of rotatable bonds is 4. The third-order valence-electron chi connectivity index (χ3n) is 3.76. The number of nitrogen functional groups attached to an aromatic ring is 1. The largest absolute Gasteiger partial charge is 0.398 e. The molecule has 20 heavy (non-hydrogen) atoms. The molecule has 2 N–H and O–H groups in total. The summed E-state index contributed by atoms with van der Waals surface area (Å²) in [4.78, 5) is 2.32. The highest BCUT2D eigenvalue weighted by Crippen LogP contribution is 2.20. The van der Waals surface area contributed by atoms with Crippen molar-refractivity contribution in [3.05, 3.63) is 64.2 Å². The molecule has 0 unspecified atom stereocenters. The summed E-state index contributed by atoms with van der Waals surface area (Å²) in [5.41, 5.74) is 13.6. The second-order valence-corrected chi connectivity index (χ2v) is 5.75. The van der Waals surface area contributed by atoms with Gasteiger partial charge in [0.1, 0.15) is 0 Å².